The van der Waals surface area contributed by atoms with Crippen molar-refractivity contribution in [2.24, 2.45) is 0 Å². The highest BCUT2D eigenvalue weighted by Crippen LogP contribution is 2.35. The number of aryl methyl sites for hydroxylation is 1. The fourth-order valence-corrected chi connectivity index (χ4v) is 3.84. The van der Waals surface area contributed by atoms with E-state index in [1.807, 2.05) is 25.1 Å². The van der Waals surface area contributed by atoms with Crippen LogP contribution in [0, 0.1) is 6.92 Å². The average molecular weight is 431 g/mol. The van der Waals surface area contributed by atoms with E-state index in [2.05, 4.69) is 5.32 Å². The lowest BCUT2D eigenvalue weighted by atomic mass is 9.64. The molecule has 0 aromatic heterocycles. The second-order valence-corrected chi connectivity index (χ2v) is 7.73. The van der Waals surface area contributed by atoms with Crippen LogP contribution in [0.4, 0.5) is 4.79 Å². The number of nitrogens with one attached hydrogen (secondary N) is 1. The first-order chi connectivity index (χ1) is 14.8. The highest BCUT2D eigenvalue weighted by molar-refractivity contribution is 6.46. The number of amides is 4. The van der Waals surface area contributed by atoms with E-state index in [9.17, 15) is 29.3 Å². The molecule has 3 N–H and O–H groups in total. The van der Waals surface area contributed by atoms with E-state index in [0.29, 0.717) is 18.7 Å². The van der Waals surface area contributed by atoms with Gasteiger partial charge in [-0.3, -0.25) is 19.3 Å². The Balaban J connectivity index is 1.62. The summed E-state index contributed by atoms with van der Waals surface area (Å²) in [7, 11) is -1.20. The highest BCUT2D eigenvalue weighted by Gasteiger charge is 2.39. The molecule has 166 valence electrons. The Morgan fingerprint density at radius 1 is 1.29 bits per heavy atom. The lowest BCUT2D eigenvalue weighted by Gasteiger charge is -2.32. The van der Waals surface area contributed by atoms with E-state index >= 15 is 0 Å². The van der Waals surface area contributed by atoms with Crippen LogP contribution in [0.2, 0.25) is 5.82 Å². The number of fused-ring (bicyclic) bond motifs is 1. The fourth-order valence-electron chi connectivity index (χ4n) is 3.84. The molecule has 1 fully saturated rings. The van der Waals surface area contributed by atoms with Crippen molar-refractivity contribution in [1.29, 1.82) is 0 Å². The maximum absolute atomic E-state index is 12.7. The third-order valence-corrected chi connectivity index (χ3v) is 5.69. The summed E-state index contributed by atoms with van der Waals surface area (Å²) in [6.07, 6.45) is 0.262. The van der Waals surface area contributed by atoms with E-state index in [1.165, 1.54) is 4.90 Å². The van der Waals surface area contributed by atoms with Crippen LogP contribution in [0.15, 0.2) is 18.2 Å². The molecule has 31 heavy (non-hydrogen) atoms. The van der Waals surface area contributed by atoms with Crippen LogP contribution < -0.4 is 9.97 Å². The maximum Gasteiger partial charge on any atom is 0.526 e. The molecule has 0 bridgehead atoms. The first-order valence-electron chi connectivity index (χ1n) is 10.2. The van der Waals surface area contributed by atoms with Crippen LogP contribution in [-0.2, 0) is 20.8 Å². The van der Waals surface area contributed by atoms with Crippen LogP contribution in [0.3, 0.4) is 0 Å². The molecule has 1 aromatic rings. The Labute approximate surface area is 180 Å². The van der Waals surface area contributed by atoms with Crippen LogP contribution in [0.1, 0.15) is 24.5 Å². The molecule has 1 saturated heterocycles. The van der Waals surface area contributed by atoms with E-state index < -0.39 is 49.2 Å². The van der Waals surface area contributed by atoms with Gasteiger partial charge < -0.3 is 25.0 Å². The second-order valence-electron chi connectivity index (χ2n) is 7.73. The molecule has 0 radical (unpaired) electrons. The summed E-state index contributed by atoms with van der Waals surface area (Å²) in [5.41, 5.74) is 1.75. The van der Waals surface area contributed by atoms with E-state index in [-0.39, 0.29) is 19.5 Å². The molecule has 11 heteroatoms. The lowest BCUT2D eigenvalue weighted by Crippen LogP contribution is -2.60. The highest BCUT2D eigenvalue weighted by atomic mass is 16.5. The smallest absolute Gasteiger partial charge is 0.526 e. The number of aliphatic hydroxyl groups is 1. The molecule has 3 rings (SSSR count). The number of nitrogens with zero attached hydrogens (tertiary/aromatic N) is 2. The Hall–Kier alpha value is -2.92. The van der Waals surface area contributed by atoms with Crippen LogP contribution in [0.25, 0.3) is 0 Å². The molecule has 0 saturated carbocycles. The molecule has 4 amide bonds. The van der Waals surface area contributed by atoms with Crippen molar-refractivity contribution in [2.45, 2.75) is 38.5 Å². The van der Waals surface area contributed by atoms with Crippen molar-refractivity contribution in [3.8, 4) is 5.75 Å². The second kappa shape index (κ2) is 9.48. The third kappa shape index (κ3) is 4.72. The number of ketones is 1. The predicted octanol–water partition coefficient (Wildman–Crippen LogP) is -0.499. The van der Waals surface area contributed by atoms with Crippen molar-refractivity contribution < 1.29 is 34.0 Å². The number of para-hydroxylation sites is 1. The zero-order chi connectivity index (χ0) is 22.7. The molecule has 2 aliphatic heterocycles. The molecular weight excluding hydrogens is 405 g/mol. The van der Waals surface area contributed by atoms with E-state index in [1.54, 1.807) is 6.92 Å². The number of likely N-dealkylation sites (N-methyl/N-ethyl adjacent to an activating group) is 1. The number of rotatable bonds is 6. The quantitative estimate of drug-likeness (QED) is 0.408. The number of hydrogen-bond acceptors (Lipinski definition) is 7. The summed E-state index contributed by atoms with van der Waals surface area (Å²) in [5.74, 6) is -2.22. The normalized spacial score (nSPS) is 19.6. The van der Waals surface area contributed by atoms with Gasteiger partial charge >= 0.3 is 25.0 Å². The van der Waals surface area contributed by atoms with Crippen molar-refractivity contribution in [3.05, 3.63) is 29.3 Å². The number of urea groups is 1. The van der Waals surface area contributed by atoms with Gasteiger partial charge in [-0.2, -0.15) is 0 Å². The largest absolute Gasteiger partial charge is 0.536 e. The van der Waals surface area contributed by atoms with Gasteiger partial charge in [0.25, 0.3) is 0 Å². The number of imide groups is 1. The maximum atomic E-state index is 12.7. The van der Waals surface area contributed by atoms with E-state index in [4.69, 9.17) is 4.65 Å². The summed E-state index contributed by atoms with van der Waals surface area (Å²) in [6, 6.07) is 3.39. The van der Waals surface area contributed by atoms with Gasteiger partial charge in [-0.25, -0.2) is 4.79 Å². The Morgan fingerprint density at radius 2 is 2.03 bits per heavy atom. The Kier molecular flexibility index (Phi) is 6.96. The van der Waals surface area contributed by atoms with Gasteiger partial charge in [0.15, 0.2) is 5.78 Å². The summed E-state index contributed by atoms with van der Waals surface area (Å²) in [4.78, 5) is 51.4. The average Bonchev–Trinajstić information content (AvgIpc) is 2.75. The fraction of sp³-hybridized carbons (Fsp3) is 0.500. The predicted molar refractivity (Wildman–Crippen MR) is 110 cm³/mol. The monoisotopic (exact) mass is 431 g/mol. The number of benzene rings is 1. The van der Waals surface area contributed by atoms with Gasteiger partial charge in [0.05, 0.1) is 6.61 Å². The van der Waals surface area contributed by atoms with Crippen molar-refractivity contribution in [3.63, 3.8) is 0 Å². The number of Topliss-reactive ketones (excluding diaryl/α,β-unsaturated/α-hetero) is 1. The topological polar surface area (TPSA) is 136 Å². The van der Waals surface area contributed by atoms with Crippen LogP contribution >= 0.6 is 0 Å². The first-order valence-corrected chi connectivity index (χ1v) is 10.2. The zero-order valence-electron chi connectivity index (χ0n) is 17.5. The molecule has 2 aliphatic rings. The van der Waals surface area contributed by atoms with Crippen molar-refractivity contribution in [2.75, 3.05) is 26.2 Å². The third-order valence-electron chi connectivity index (χ3n) is 5.69. The minimum absolute atomic E-state index is 0.00188. The summed E-state index contributed by atoms with van der Waals surface area (Å²) < 4.78 is 5.57. The number of hydrogen-bond donors (Lipinski definition) is 3. The Morgan fingerprint density at radius 3 is 2.71 bits per heavy atom. The standard InChI is InChI=1S/C20H26BN3O7/c1-3-23-7-8-24(19(28)18(23)27)20(29)22-15(11-25)16(26)10-14-9-13-6-4-5-12(2)17(13)31-21(14)30/h4-6,14-15,25,30H,3,7-11H2,1-2H3,(H,22,29)/t14-,15-/m1/s1. The van der Waals surface area contributed by atoms with Gasteiger partial charge in [0, 0.05) is 31.9 Å². The van der Waals surface area contributed by atoms with Crippen molar-refractivity contribution in [1.82, 2.24) is 15.1 Å². The zero-order valence-corrected chi connectivity index (χ0v) is 17.5. The number of carbonyl (C=O) groups is 4. The van der Waals surface area contributed by atoms with Gasteiger partial charge in [0.1, 0.15) is 11.8 Å². The number of carbonyl (C=O) groups excluding carboxylic acids is 4. The SMILES string of the molecule is CCN1CCN(C(=O)N[C@H](CO)C(=O)C[C@H]2Cc3cccc(C)c3OB2O)C(=O)C1=O. The van der Waals surface area contributed by atoms with Gasteiger partial charge in [-0.05, 0) is 31.4 Å². The number of aliphatic hydroxyl groups excluding tert-OH is 1. The minimum atomic E-state index is -1.27. The number of piperazine rings is 1. The van der Waals surface area contributed by atoms with Crippen LogP contribution in [-0.4, -0.2) is 83.0 Å². The molecule has 2 heterocycles. The minimum Gasteiger partial charge on any atom is -0.536 e. The Bertz CT molecular complexity index is 894. The molecule has 0 unspecified atom stereocenters. The van der Waals surface area contributed by atoms with Crippen molar-refractivity contribution >= 4 is 30.7 Å². The molecule has 0 spiro atoms. The molecule has 2 atom stereocenters. The molecule has 1 aromatic carbocycles. The van der Waals surface area contributed by atoms with Crippen LogP contribution in [0.5, 0.6) is 5.75 Å². The summed E-state index contributed by atoms with van der Waals surface area (Å²) in [6.45, 7) is 3.47. The van der Waals surface area contributed by atoms with Gasteiger partial charge in [-0.1, -0.05) is 18.2 Å². The summed E-state index contributed by atoms with van der Waals surface area (Å²) >= 11 is 0. The lowest BCUT2D eigenvalue weighted by molar-refractivity contribution is -0.153. The van der Waals surface area contributed by atoms with E-state index in [0.717, 1.165) is 16.0 Å². The summed E-state index contributed by atoms with van der Waals surface area (Å²) in [5, 5.41) is 22.3. The molecular formula is C20H26BN3O7. The molecule has 0 aliphatic carbocycles. The molecule has 10 nitrogen and oxygen atoms in total. The first kappa shape index (κ1) is 22.8. The van der Waals surface area contributed by atoms with Gasteiger partial charge in [-0.15, -0.1) is 0 Å². The van der Waals surface area contributed by atoms with Gasteiger partial charge in [0.2, 0.25) is 0 Å².